The van der Waals surface area contributed by atoms with Gasteiger partial charge in [-0.05, 0) is 19.1 Å². The lowest BCUT2D eigenvalue weighted by Crippen LogP contribution is -2.20. The molecule has 0 fully saturated rings. The molecular weight excluding hydrogens is 298 g/mol. The molecule has 0 atom stereocenters. The largest absolute Gasteiger partial charge is 0.461 e. The number of rotatable bonds is 5. The number of anilines is 1. The average Bonchev–Trinajstić information content (AvgIpc) is 2.91. The Hall–Kier alpha value is -2.84. The van der Waals surface area contributed by atoms with Gasteiger partial charge in [0.05, 0.1) is 18.5 Å². The number of nitrogens with one attached hydrogen (secondary N) is 1. The predicted octanol–water partition coefficient (Wildman–Crippen LogP) is 1.37. The topological polar surface area (TPSA) is 86.1 Å². The van der Waals surface area contributed by atoms with Gasteiger partial charge in [0.2, 0.25) is 5.91 Å². The molecule has 0 saturated carbocycles. The third-order valence-electron chi connectivity index (χ3n) is 2.53. The fourth-order valence-electron chi connectivity index (χ4n) is 1.60. The molecule has 0 unspecified atom stereocenters. The monoisotopic (exact) mass is 310 g/mol. The van der Waals surface area contributed by atoms with Crippen molar-refractivity contribution < 1.29 is 23.1 Å². The van der Waals surface area contributed by atoms with Crippen molar-refractivity contribution in [1.82, 2.24) is 15.0 Å². The zero-order valence-electron chi connectivity index (χ0n) is 11.5. The van der Waals surface area contributed by atoms with Crippen LogP contribution in [0.3, 0.4) is 0 Å². The number of ether oxygens (including phenoxy) is 1. The van der Waals surface area contributed by atoms with Crippen molar-refractivity contribution in [2.45, 2.75) is 13.5 Å². The molecule has 0 aliphatic carbocycles. The van der Waals surface area contributed by atoms with Gasteiger partial charge in [0.1, 0.15) is 18.2 Å². The van der Waals surface area contributed by atoms with Crippen LogP contribution in [0.15, 0.2) is 24.4 Å². The summed E-state index contributed by atoms with van der Waals surface area (Å²) in [5.41, 5.74) is -0.331. The van der Waals surface area contributed by atoms with Crippen molar-refractivity contribution in [2.75, 3.05) is 11.9 Å². The Balaban J connectivity index is 2.00. The quantitative estimate of drug-likeness (QED) is 0.843. The number of nitrogens with zero attached hydrogens (tertiary/aromatic N) is 3. The van der Waals surface area contributed by atoms with E-state index in [1.54, 1.807) is 6.92 Å². The van der Waals surface area contributed by atoms with Crippen LogP contribution < -0.4 is 5.32 Å². The van der Waals surface area contributed by atoms with E-state index in [1.165, 1.54) is 6.20 Å². The molecule has 22 heavy (non-hydrogen) atoms. The third-order valence-corrected chi connectivity index (χ3v) is 2.53. The third kappa shape index (κ3) is 3.84. The normalized spacial score (nSPS) is 10.3. The van der Waals surface area contributed by atoms with Gasteiger partial charge < -0.3 is 10.1 Å². The molecule has 0 spiro atoms. The molecule has 0 aliphatic heterocycles. The first kappa shape index (κ1) is 15.5. The molecule has 1 N–H and O–H groups in total. The summed E-state index contributed by atoms with van der Waals surface area (Å²) in [7, 11) is 0. The van der Waals surface area contributed by atoms with Crippen LogP contribution in [0.1, 0.15) is 17.4 Å². The minimum Gasteiger partial charge on any atom is -0.461 e. The fraction of sp³-hybridized carbons (Fsp3) is 0.231. The Kier molecular flexibility index (Phi) is 4.77. The second kappa shape index (κ2) is 6.74. The van der Waals surface area contributed by atoms with Gasteiger partial charge >= 0.3 is 5.97 Å². The van der Waals surface area contributed by atoms with E-state index in [2.05, 4.69) is 15.6 Å². The molecule has 1 aromatic heterocycles. The minimum absolute atomic E-state index is 0.0495. The SMILES string of the molecule is CCOC(=O)c1cn(CC(=O)Nc2cc(F)ccc2F)nn1. The Labute approximate surface area is 123 Å². The smallest absolute Gasteiger partial charge is 0.360 e. The van der Waals surface area contributed by atoms with Crippen LogP contribution in [-0.4, -0.2) is 33.5 Å². The maximum atomic E-state index is 13.4. The van der Waals surface area contributed by atoms with Crippen LogP contribution in [0.4, 0.5) is 14.5 Å². The van der Waals surface area contributed by atoms with Crippen LogP contribution in [0.25, 0.3) is 0 Å². The van der Waals surface area contributed by atoms with Crippen LogP contribution in [0, 0.1) is 11.6 Å². The summed E-state index contributed by atoms with van der Waals surface area (Å²) < 4.78 is 32.2. The lowest BCUT2D eigenvalue weighted by molar-refractivity contribution is -0.117. The molecule has 116 valence electrons. The second-order valence-electron chi connectivity index (χ2n) is 4.19. The van der Waals surface area contributed by atoms with Crippen LogP contribution in [-0.2, 0) is 16.1 Å². The first-order valence-electron chi connectivity index (χ1n) is 6.31. The number of benzene rings is 1. The van der Waals surface area contributed by atoms with Crippen molar-refractivity contribution in [3.8, 4) is 0 Å². The van der Waals surface area contributed by atoms with E-state index in [0.717, 1.165) is 22.9 Å². The van der Waals surface area contributed by atoms with Crippen molar-refractivity contribution in [1.29, 1.82) is 0 Å². The van der Waals surface area contributed by atoms with Gasteiger partial charge in [-0.3, -0.25) is 4.79 Å². The summed E-state index contributed by atoms with van der Waals surface area (Å²) in [5, 5.41) is 9.33. The van der Waals surface area contributed by atoms with Gasteiger partial charge in [-0.15, -0.1) is 5.10 Å². The fourth-order valence-corrected chi connectivity index (χ4v) is 1.60. The highest BCUT2D eigenvalue weighted by Gasteiger charge is 2.14. The number of amides is 1. The van der Waals surface area contributed by atoms with Gasteiger partial charge in [-0.1, -0.05) is 5.21 Å². The minimum atomic E-state index is -0.763. The van der Waals surface area contributed by atoms with Crippen LogP contribution in [0.2, 0.25) is 0 Å². The van der Waals surface area contributed by atoms with E-state index < -0.39 is 23.5 Å². The van der Waals surface area contributed by atoms with E-state index >= 15 is 0 Å². The number of esters is 1. The van der Waals surface area contributed by atoms with Gasteiger partial charge in [0, 0.05) is 6.07 Å². The first-order chi connectivity index (χ1) is 10.5. The molecule has 2 rings (SSSR count). The maximum absolute atomic E-state index is 13.4. The Morgan fingerprint density at radius 2 is 2.14 bits per heavy atom. The van der Waals surface area contributed by atoms with Gasteiger partial charge in [-0.25, -0.2) is 18.3 Å². The highest BCUT2D eigenvalue weighted by Crippen LogP contribution is 2.15. The standard InChI is InChI=1S/C13H12F2N4O3/c1-2-22-13(21)11-6-19(18-17-11)7-12(20)16-10-5-8(14)3-4-9(10)15/h3-6H,2,7H2,1H3,(H,16,20). The summed E-state index contributed by atoms with van der Waals surface area (Å²) >= 11 is 0. The molecule has 2 aromatic rings. The number of carbonyl (C=O) groups is 2. The zero-order chi connectivity index (χ0) is 16.1. The summed E-state index contributed by atoms with van der Waals surface area (Å²) in [6, 6.07) is 2.70. The van der Waals surface area contributed by atoms with E-state index in [4.69, 9.17) is 4.74 Å². The Morgan fingerprint density at radius 1 is 1.36 bits per heavy atom. The number of aromatic nitrogens is 3. The van der Waals surface area contributed by atoms with E-state index in [1.807, 2.05) is 0 Å². The molecule has 0 saturated heterocycles. The zero-order valence-corrected chi connectivity index (χ0v) is 11.5. The molecule has 1 amide bonds. The molecule has 0 radical (unpaired) electrons. The Bertz CT molecular complexity index is 702. The van der Waals surface area contributed by atoms with Crippen LogP contribution >= 0.6 is 0 Å². The predicted molar refractivity (Wildman–Crippen MR) is 71.0 cm³/mol. The summed E-state index contributed by atoms with van der Waals surface area (Å²) in [6.45, 7) is 1.51. The Morgan fingerprint density at radius 3 is 2.86 bits per heavy atom. The molecule has 0 bridgehead atoms. The van der Waals surface area contributed by atoms with E-state index in [9.17, 15) is 18.4 Å². The van der Waals surface area contributed by atoms with Crippen molar-refractivity contribution >= 4 is 17.6 Å². The molecule has 9 heteroatoms. The lowest BCUT2D eigenvalue weighted by Gasteiger charge is -2.06. The highest BCUT2D eigenvalue weighted by molar-refractivity contribution is 5.91. The lowest BCUT2D eigenvalue weighted by atomic mass is 10.3. The number of carbonyl (C=O) groups excluding carboxylic acids is 2. The van der Waals surface area contributed by atoms with Crippen molar-refractivity contribution in [2.24, 2.45) is 0 Å². The highest BCUT2D eigenvalue weighted by atomic mass is 19.1. The van der Waals surface area contributed by atoms with Gasteiger partial charge in [-0.2, -0.15) is 0 Å². The summed E-state index contributed by atoms with van der Waals surface area (Å²) in [5.74, 6) is -2.75. The first-order valence-corrected chi connectivity index (χ1v) is 6.31. The molecular formula is C13H12F2N4O3. The van der Waals surface area contributed by atoms with Gasteiger partial charge in [0.25, 0.3) is 0 Å². The molecule has 0 aliphatic rings. The number of hydrogen-bond donors (Lipinski definition) is 1. The van der Waals surface area contributed by atoms with Crippen LogP contribution in [0.5, 0.6) is 0 Å². The van der Waals surface area contributed by atoms with Crippen molar-refractivity contribution in [3.05, 3.63) is 41.7 Å². The number of halogens is 2. The second-order valence-corrected chi connectivity index (χ2v) is 4.19. The molecule has 1 aromatic carbocycles. The molecule has 1 heterocycles. The van der Waals surface area contributed by atoms with Crippen molar-refractivity contribution in [3.63, 3.8) is 0 Å². The van der Waals surface area contributed by atoms with E-state index in [-0.39, 0.29) is 24.5 Å². The summed E-state index contributed by atoms with van der Waals surface area (Å²) in [4.78, 5) is 23.1. The van der Waals surface area contributed by atoms with E-state index in [0.29, 0.717) is 0 Å². The maximum Gasteiger partial charge on any atom is 0.360 e. The average molecular weight is 310 g/mol. The van der Waals surface area contributed by atoms with Gasteiger partial charge in [0.15, 0.2) is 5.69 Å². The molecule has 7 nitrogen and oxygen atoms in total. The summed E-state index contributed by atoms with van der Waals surface area (Å²) in [6.07, 6.45) is 1.22. The number of hydrogen-bond acceptors (Lipinski definition) is 5.